The average Bonchev–Trinajstić information content (AvgIpc) is 3.53. The molecule has 5 nitrogen and oxygen atoms in total. The maximum atomic E-state index is 6.39. The quantitative estimate of drug-likeness (QED) is 0.295. The Morgan fingerprint density at radius 1 is 0.514 bits per heavy atom. The van der Waals surface area contributed by atoms with Gasteiger partial charge >= 0.3 is 0 Å². The summed E-state index contributed by atoms with van der Waals surface area (Å²) in [6.07, 6.45) is 4.38. The lowest BCUT2D eigenvalue weighted by atomic mass is 10.1. The lowest BCUT2D eigenvalue weighted by Crippen LogP contribution is -2.24. The van der Waals surface area contributed by atoms with Gasteiger partial charge in [-0.1, -0.05) is 72.8 Å². The zero-order valence-electron chi connectivity index (χ0n) is 21.2. The molecule has 37 heavy (non-hydrogen) atoms. The molecule has 6 rings (SSSR count). The van der Waals surface area contributed by atoms with E-state index in [0.717, 1.165) is 36.2 Å². The van der Waals surface area contributed by atoms with Gasteiger partial charge < -0.3 is 24.3 Å². The molecule has 184 valence electrons. The Hall–Kier alpha value is -4.64. The van der Waals surface area contributed by atoms with Gasteiger partial charge in [0.1, 0.15) is 11.5 Å². The minimum Gasteiger partial charge on any atom is -0.457 e. The fourth-order valence-corrected chi connectivity index (χ4v) is 4.92. The fourth-order valence-electron chi connectivity index (χ4n) is 4.92. The Bertz CT molecular complexity index is 1340. The lowest BCUT2D eigenvalue weighted by Gasteiger charge is -2.24. The second-order valence-corrected chi connectivity index (χ2v) is 9.51. The van der Waals surface area contributed by atoms with Gasteiger partial charge in [0.05, 0.1) is 24.7 Å². The van der Waals surface area contributed by atoms with Crippen LogP contribution in [-0.4, -0.2) is 37.2 Å². The van der Waals surface area contributed by atoms with Crippen molar-refractivity contribution in [1.29, 1.82) is 0 Å². The van der Waals surface area contributed by atoms with Gasteiger partial charge in [-0.05, 0) is 35.4 Å². The summed E-state index contributed by atoms with van der Waals surface area (Å²) in [4.78, 5) is 9.03. The molecule has 2 aliphatic heterocycles. The van der Waals surface area contributed by atoms with E-state index in [0.29, 0.717) is 0 Å². The van der Waals surface area contributed by atoms with Gasteiger partial charge in [0.2, 0.25) is 0 Å². The summed E-state index contributed by atoms with van der Waals surface area (Å²) in [5, 5.41) is 0. The molecule has 0 atom stereocenters. The second kappa shape index (κ2) is 9.78. The molecule has 0 aromatic heterocycles. The average molecular weight is 487 g/mol. The minimum atomic E-state index is 0.792. The van der Waals surface area contributed by atoms with Crippen LogP contribution < -0.4 is 14.5 Å². The highest BCUT2D eigenvalue weighted by molar-refractivity contribution is 5.82. The van der Waals surface area contributed by atoms with Crippen LogP contribution in [0.1, 0.15) is 11.1 Å². The van der Waals surface area contributed by atoms with Crippen LogP contribution in [0.3, 0.4) is 0 Å². The SMILES string of the molecule is CN1C=C(c2ccccc2)N(c2cccc(Oc3cccc(N4CN(C)C=C4c4ccccc4)c3)c2)C1. The van der Waals surface area contributed by atoms with Crippen molar-refractivity contribution in [2.75, 3.05) is 37.2 Å². The van der Waals surface area contributed by atoms with Gasteiger partial charge in [-0.15, -0.1) is 0 Å². The third-order valence-corrected chi connectivity index (χ3v) is 6.63. The van der Waals surface area contributed by atoms with Gasteiger partial charge in [-0.3, -0.25) is 0 Å². The standard InChI is InChI=1S/C32H30N4O/c1-33-21-31(25-11-5-3-6-12-25)35(23-33)27-15-9-17-29(19-27)37-30-18-10-16-28(20-30)36-24-34(2)22-32(36)26-13-7-4-8-14-26/h3-22H,23-24H2,1-2H3. The summed E-state index contributed by atoms with van der Waals surface area (Å²) in [5.41, 5.74) is 6.96. The molecule has 0 bridgehead atoms. The molecular weight excluding hydrogens is 456 g/mol. The first-order valence-electron chi connectivity index (χ1n) is 12.5. The van der Waals surface area contributed by atoms with E-state index >= 15 is 0 Å². The zero-order valence-corrected chi connectivity index (χ0v) is 21.2. The van der Waals surface area contributed by atoms with Gasteiger partial charge in [0, 0.05) is 50.0 Å². The molecule has 0 spiro atoms. The van der Waals surface area contributed by atoms with Crippen LogP contribution in [0.2, 0.25) is 0 Å². The monoisotopic (exact) mass is 486 g/mol. The molecule has 2 heterocycles. The number of rotatable bonds is 6. The van der Waals surface area contributed by atoms with Gasteiger partial charge in [-0.25, -0.2) is 0 Å². The minimum absolute atomic E-state index is 0.792. The van der Waals surface area contributed by atoms with Crippen LogP contribution in [0.25, 0.3) is 11.4 Å². The molecule has 0 saturated heterocycles. The first kappa shape index (κ1) is 22.8. The molecule has 0 fully saturated rings. The van der Waals surface area contributed by atoms with Gasteiger partial charge in [0.25, 0.3) is 0 Å². The van der Waals surface area contributed by atoms with Crippen LogP contribution in [0.4, 0.5) is 11.4 Å². The summed E-state index contributed by atoms with van der Waals surface area (Å²) in [5.74, 6) is 1.63. The van der Waals surface area contributed by atoms with E-state index in [9.17, 15) is 0 Å². The van der Waals surface area contributed by atoms with E-state index < -0.39 is 0 Å². The van der Waals surface area contributed by atoms with E-state index in [-0.39, 0.29) is 0 Å². The van der Waals surface area contributed by atoms with E-state index in [4.69, 9.17) is 4.74 Å². The first-order chi connectivity index (χ1) is 18.1. The van der Waals surface area contributed by atoms with Crippen molar-refractivity contribution >= 4 is 22.8 Å². The number of hydrogen-bond donors (Lipinski definition) is 0. The summed E-state index contributed by atoms with van der Waals surface area (Å²) in [6.45, 7) is 1.58. The molecule has 2 aliphatic rings. The fraction of sp³-hybridized carbons (Fsp3) is 0.125. The summed E-state index contributed by atoms with van der Waals surface area (Å²) in [6, 6.07) is 37.7. The third kappa shape index (κ3) is 4.76. The first-order valence-corrected chi connectivity index (χ1v) is 12.5. The highest BCUT2D eigenvalue weighted by Crippen LogP contribution is 2.36. The Kier molecular flexibility index (Phi) is 6.03. The van der Waals surface area contributed by atoms with Crippen molar-refractivity contribution in [3.05, 3.63) is 133 Å². The van der Waals surface area contributed by atoms with Crippen LogP contribution in [0.15, 0.2) is 122 Å². The van der Waals surface area contributed by atoms with Crippen LogP contribution in [-0.2, 0) is 0 Å². The van der Waals surface area contributed by atoms with Crippen molar-refractivity contribution in [3.8, 4) is 11.5 Å². The molecule has 0 N–H and O–H groups in total. The van der Waals surface area contributed by atoms with Crippen molar-refractivity contribution in [2.45, 2.75) is 0 Å². The van der Waals surface area contributed by atoms with E-state index in [1.807, 2.05) is 12.1 Å². The van der Waals surface area contributed by atoms with Crippen molar-refractivity contribution < 1.29 is 4.74 Å². The number of nitrogens with zero attached hydrogens (tertiary/aromatic N) is 4. The number of ether oxygens (including phenoxy) is 1. The van der Waals surface area contributed by atoms with Crippen LogP contribution >= 0.6 is 0 Å². The van der Waals surface area contributed by atoms with Crippen molar-refractivity contribution in [3.63, 3.8) is 0 Å². The summed E-state index contributed by atoms with van der Waals surface area (Å²) < 4.78 is 6.39. The maximum absolute atomic E-state index is 6.39. The maximum Gasteiger partial charge on any atom is 0.129 e. The molecule has 4 aromatic carbocycles. The molecule has 0 saturated carbocycles. The third-order valence-electron chi connectivity index (χ3n) is 6.63. The Morgan fingerprint density at radius 2 is 0.946 bits per heavy atom. The molecule has 4 aromatic rings. The highest BCUT2D eigenvalue weighted by Gasteiger charge is 2.23. The predicted molar refractivity (Wildman–Crippen MR) is 152 cm³/mol. The molecule has 0 radical (unpaired) electrons. The molecule has 0 unspecified atom stereocenters. The van der Waals surface area contributed by atoms with Gasteiger partial charge in [0.15, 0.2) is 0 Å². The molecular formula is C32H30N4O. The van der Waals surface area contributed by atoms with Crippen molar-refractivity contribution in [2.24, 2.45) is 0 Å². The highest BCUT2D eigenvalue weighted by atomic mass is 16.5. The Labute approximate surface area is 218 Å². The lowest BCUT2D eigenvalue weighted by molar-refractivity contribution is 0.479. The number of anilines is 2. The van der Waals surface area contributed by atoms with E-state index in [1.165, 1.54) is 22.5 Å². The van der Waals surface area contributed by atoms with Crippen LogP contribution in [0.5, 0.6) is 11.5 Å². The normalized spacial score (nSPS) is 15.2. The Morgan fingerprint density at radius 3 is 1.38 bits per heavy atom. The molecule has 5 heteroatoms. The smallest absolute Gasteiger partial charge is 0.129 e. The Balaban J connectivity index is 1.24. The number of benzene rings is 4. The largest absolute Gasteiger partial charge is 0.457 e. The van der Waals surface area contributed by atoms with E-state index in [2.05, 4.69) is 143 Å². The summed E-state index contributed by atoms with van der Waals surface area (Å²) >= 11 is 0. The topological polar surface area (TPSA) is 22.2 Å². The molecule has 0 amide bonds. The second-order valence-electron chi connectivity index (χ2n) is 9.51. The van der Waals surface area contributed by atoms with Crippen LogP contribution in [0, 0.1) is 0 Å². The van der Waals surface area contributed by atoms with Gasteiger partial charge in [-0.2, -0.15) is 0 Å². The number of hydrogen-bond acceptors (Lipinski definition) is 5. The zero-order chi connectivity index (χ0) is 25.2. The molecule has 0 aliphatic carbocycles. The predicted octanol–water partition coefficient (Wildman–Crippen LogP) is 6.89. The van der Waals surface area contributed by atoms with Crippen molar-refractivity contribution in [1.82, 2.24) is 9.80 Å². The van der Waals surface area contributed by atoms with E-state index in [1.54, 1.807) is 0 Å². The summed E-state index contributed by atoms with van der Waals surface area (Å²) in [7, 11) is 4.20.